The highest BCUT2D eigenvalue weighted by atomic mass is 32.1. The van der Waals surface area contributed by atoms with Gasteiger partial charge in [-0.25, -0.2) is 0 Å². The van der Waals surface area contributed by atoms with E-state index in [9.17, 15) is 0 Å². The van der Waals surface area contributed by atoms with E-state index in [1.807, 2.05) is 17.5 Å². The number of nitrogens with two attached hydrogens (primary N) is 1. The maximum Gasteiger partial charge on any atom is 0.0964 e. The number of rotatable bonds is 6. The topological polar surface area (TPSA) is 68.8 Å². The maximum atomic E-state index is 5.46. The summed E-state index contributed by atoms with van der Waals surface area (Å²) in [5.74, 6) is 0. The Hall–Kier alpha value is -1.24. The van der Waals surface area contributed by atoms with E-state index in [-0.39, 0.29) is 0 Å². The summed E-state index contributed by atoms with van der Waals surface area (Å²) in [5.41, 5.74) is 7.78. The van der Waals surface area contributed by atoms with Crippen molar-refractivity contribution >= 4 is 11.3 Å². The zero-order valence-electron chi connectivity index (χ0n) is 10.8. The fourth-order valence-corrected chi connectivity index (χ4v) is 2.73. The van der Waals surface area contributed by atoms with E-state index < -0.39 is 0 Å². The van der Waals surface area contributed by atoms with Gasteiger partial charge in [-0.05, 0) is 25.5 Å². The van der Waals surface area contributed by atoms with Gasteiger partial charge < -0.3 is 11.1 Å². The Morgan fingerprint density at radius 2 is 2.22 bits per heavy atom. The number of hydrogen-bond acceptors (Lipinski definition) is 5. The van der Waals surface area contributed by atoms with Gasteiger partial charge in [-0.1, -0.05) is 5.21 Å². The van der Waals surface area contributed by atoms with Gasteiger partial charge in [0.1, 0.15) is 0 Å². The molecule has 5 nitrogen and oxygen atoms in total. The van der Waals surface area contributed by atoms with Crippen LogP contribution in [0.3, 0.4) is 0 Å². The Labute approximate surface area is 111 Å². The molecule has 0 unspecified atom stereocenters. The standard InChI is InChI=1S/C12H19N5S/c1-9-5-12(18-10(9)2)7-14-6-11-8-17(4-3-13)16-15-11/h5,8,14H,3-4,6-7,13H2,1-2H3. The maximum absolute atomic E-state index is 5.46. The Morgan fingerprint density at radius 1 is 1.39 bits per heavy atom. The number of nitrogens with zero attached hydrogens (tertiary/aromatic N) is 3. The highest BCUT2D eigenvalue weighted by Gasteiger charge is 2.03. The SMILES string of the molecule is Cc1cc(CNCc2cn(CCN)nn2)sc1C. The Morgan fingerprint density at radius 3 is 2.89 bits per heavy atom. The minimum absolute atomic E-state index is 0.587. The van der Waals surface area contributed by atoms with Crippen molar-refractivity contribution in [2.45, 2.75) is 33.5 Å². The van der Waals surface area contributed by atoms with E-state index in [0.717, 1.165) is 25.3 Å². The first kappa shape index (κ1) is 13.2. The molecule has 0 radical (unpaired) electrons. The number of thiophene rings is 1. The van der Waals surface area contributed by atoms with Crippen LogP contribution in [0.15, 0.2) is 12.3 Å². The molecule has 0 aromatic carbocycles. The Bertz CT molecular complexity index is 483. The molecule has 98 valence electrons. The molecule has 0 fully saturated rings. The molecule has 2 heterocycles. The van der Waals surface area contributed by atoms with Crippen LogP contribution in [-0.2, 0) is 19.6 Å². The monoisotopic (exact) mass is 265 g/mol. The predicted molar refractivity (Wildman–Crippen MR) is 73.4 cm³/mol. The number of aryl methyl sites for hydroxylation is 2. The minimum Gasteiger partial charge on any atom is -0.329 e. The second-order valence-corrected chi connectivity index (χ2v) is 5.66. The highest BCUT2D eigenvalue weighted by molar-refractivity contribution is 7.12. The first-order valence-corrected chi connectivity index (χ1v) is 6.86. The average Bonchev–Trinajstić information content (AvgIpc) is 2.88. The third-order valence-corrected chi connectivity index (χ3v) is 3.92. The van der Waals surface area contributed by atoms with Crippen molar-refractivity contribution in [1.29, 1.82) is 0 Å². The molecule has 3 N–H and O–H groups in total. The van der Waals surface area contributed by atoms with Crippen LogP contribution in [0, 0.1) is 13.8 Å². The molecule has 0 saturated heterocycles. The van der Waals surface area contributed by atoms with Crippen molar-refractivity contribution < 1.29 is 0 Å². The number of nitrogens with one attached hydrogen (secondary N) is 1. The molecule has 0 aliphatic carbocycles. The van der Waals surface area contributed by atoms with Crippen LogP contribution in [0.1, 0.15) is 21.0 Å². The van der Waals surface area contributed by atoms with Crippen LogP contribution in [0.2, 0.25) is 0 Å². The lowest BCUT2D eigenvalue weighted by atomic mass is 10.3. The fraction of sp³-hybridized carbons (Fsp3) is 0.500. The Kier molecular flexibility index (Phi) is 4.46. The van der Waals surface area contributed by atoms with Gasteiger partial charge in [0.2, 0.25) is 0 Å². The van der Waals surface area contributed by atoms with E-state index in [4.69, 9.17) is 5.73 Å². The van der Waals surface area contributed by atoms with Crippen molar-refractivity contribution in [3.05, 3.63) is 33.3 Å². The summed E-state index contributed by atoms with van der Waals surface area (Å²) >= 11 is 1.84. The van der Waals surface area contributed by atoms with E-state index in [1.54, 1.807) is 4.68 Å². The zero-order valence-corrected chi connectivity index (χ0v) is 11.6. The first-order valence-electron chi connectivity index (χ1n) is 6.04. The van der Waals surface area contributed by atoms with E-state index in [0.29, 0.717) is 6.54 Å². The van der Waals surface area contributed by atoms with Crippen molar-refractivity contribution in [3.8, 4) is 0 Å². The lowest BCUT2D eigenvalue weighted by Gasteiger charge is -1.99. The van der Waals surface area contributed by atoms with Crippen molar-refractivity contribution in [2.75, 3.05) is 6.54 Å². The fourth-order valence-electron chi connectivity index (χ4n) is 1.71. The number of aromatic nitrogens is 3. The zero-order chi connectivity index (χ0) is 13.0. The molecule has 0 bridgehead atoms. The Balaban J connectivity index is 1.80. The smallest absolute Gasteiger partial charge is 0.0964 e. The molecule has 0 amide bonds. The van der Waals surface area contributed by atoms with Gasteiger partial charge in [0.25, 0.3) is 0 Å². The second kappa shape index (κ2) is 6.08. The first-order chi connectivity index (χ1) is 8.69. The summed E-state index contributed by atoms with van der Waals surface area (Å²) in [5, 5.41) is 11.5. The van der Waals surface area contributed by atoms with Crippen LogP contribution >= 0.6 is 11.3 Å². The quantitative estimate of drug-likeness (QED) is 0.823. The van der Waals surface area contributed by atoms with Crippen LogP contribution in [0.4, 0.5) is 0 Å². The highest BCUT2D eigenvalue weighted by Crippen LogP contribution is 2.20. The third kappa shape index (κ3) is 3.38. The van der Waals surface area contributed by atoms with Crippen LogP contribution in [-0.4, -0.2) is 21.5 Å². The van der Waals surface area contributed by atoms with E-state index in [1.165, 1.54) is 15.3 Å². The van der Waals surface area contributed by atoms with Crippen molar-refractivity contribution in [2.24, 2.45) is 5.73 Å². The number of hydrogen-bond donors (Lipinski definition) is 2. The van der Waals surface area contributed by atoms with Gasteiger partial charge in [0.15, 0.2) is 0 Å². The lowest BCUT2D eigenvalue weighted by Crippen LogP contribution is -2.12. The summed E-state index contributed by atoms with van der Waals surface area (Å²) in [6.07, 6.45) is 1.94. The lowest BCUT2D eigenvalue weighted by molar-refractivity contribution is 0.598. The van der Waals surface area contributed by atoms with Gasteiger partial charge in [-0.2, -0.15) is 0 Å². The van der Waals surface area contributed by atoms with Gasteiger partial charge in [0, 0.05) is 35.6 Å². The third-order valence-electron chi connectivity index (χ3n) is 2.77. The molecule has 0 saturated carbocycles. The van der Waals surface area contributed by atoms with Crippen molar-refractivity contribution in [1.82, 2.24) is 20.3 Å². The predicted octanol–water partition coefficient (Wildman–Crippen LogP) is 1.20. The molecule has 18 heavy (non-hydrogen) atoms. The van der Waals surface area contributed by atoms with Gasteiger partial charge in [-0.3, -0.25) is 4.68 Å². The average molecular weight is 265 g/mol. The normalized spacial score (nSPS) is 11.1. The second-order valence-electron chi connectivity index (χ2n) is 4.32. The summed E-state index contributed by atoms with van der Waals surface area (Å²) < 4.78 is 1.77. The molecule has 2 aromatic rings. The van der Waals surface area contributed by atoms with Crippen LogP contribution < -0.4 is 11.1 Å². The molecule has 2 rings (SSSR count). The van der Waals surface area contributed by atoms with Gasteiger partial charge in [0.05, 0.1) is 12.2 Å². The molecule has 2 aromatic heterocycles. The molecule has 0 aliphatic heterocycles. The molecular weight excluding hydrogens is 246 g/mol. The molecule has 0 atom stereocenters. The summed E-state index contributed by atoms with van der Waals surface area (Å²) in [4.78, 5) is 2.75. The molecule has 6 heteroatoms. The minimum atomic E-state index is 0.587. The van der Waals surface area contributed by atoms with Gasteiger partial charge in [-0.15, -0.1) is 16.4 Å². The van der Waals surface area contributed by atoms with Crippen molar-refractivity contribution in [3.63, 3.8) is 0 Å². The van der Waals surface area contributed by atoms with E-state index in [2.05, 4.69) is 35.5 Å². The summed E-state index contributed by atoms with van der Waals surface area (Å²) in [7, 11) is 0. The molecule has 0 aliphatic rings. The van der Waals surface area contributed by atoms with Crippen LogP contribution in [0.5, 0.6) is 0 Å². The molecule has 0 spiro atoms. The molecular formula is C12H19N5S. The summed E-state index contributed by atoms with van der Waals surface area (Å²) in [6, 6.07) is 2.23. The summed E-state index contributed by atoms with van der Waals surface area (Å²) in [6.45, 7) is 7.22. The largest absolute Gasteiger partial charge is 0.329 e. The van der Waals surface area contributed by atoms with E-state index >= 15 is 0 Å². The van der Waals surface area contributed by atoms with Gasteiger partial charge >= 0.3 is 0 Å². The van der Waals surface area contributed by atoms with Crippen LogP contribution in [0.25, 0.3) is 0 Å².